The van der Waals surface area contributed by atoms with Crippen LogP contribution in [0, 0.1) is 0 Å². The van der Waals surface area contributed by atoms with Gasteiger partial charge in [-0.25, -0.2) is 4.40 Å². The minimum absolute atomic E-state index is 0.992. The summed E-state index contributed by atoms with van der Waals surface area (Å²) < 4.78 is 3.77. The summed E-state index contributed by atoms with van der Waals surface area (Å²) in [6.45, 7) is 5.25. The monoisotopic (exact) mass is 116 g/mol. The van der Waals surface area contributed by atoms with E-state index in [9.17, 15) is 0 Å². The molecule has 0 radical (unpaired) electrons. The molecule has 0 saturated heterocycles. The van der Waals surface area contributed by atoms with Crippen LogP contribution in [0.1, 0.15) is 6.92 Å². The highest BCUT2D eigenvalue weighted by molar-refractivity contribution is 7.98. The van der Waals surface area contributed by atoms with Crippen molar-refractivity contribution in [3.05, 3.63) is 0 Å². The summed E-state index contributed by atoms with van der Waals surface area (Å²) in [6, 6.07) is 0. The highest BCUT2D eigenvalue weighted by Gasteiger charge is 1.67. The van der Waals surface area contributed by atoms with Crippen molar-refractivity contribution in [3.63, 3.8) is 0 Å². The summed E-state index contributed by atoms with van der Waals surface area (Å²) in [6.07, 6.45) is 1.44. The van der Waals surface area contributed by atoms with Crippen LogP contribution in [0.4, 0.5) is 0 Å². The SMILES string of the molecule is C=N/C=N\SCC. The highest BCUT2D eigenvalue weighted by Crippen LogP contribution is 1.96. The standard InChI is InChI=1S/C4H8N2S/c1-3-7-6-4-5-2/h4H,2-3H2,1H3/b6-4-. The molecular formula is C4H8N2S. The number of rotatable bonds is 3. The van der Waals surface area contributed by atoms with Gasteiger partial charge in [-0.15, -0.1) is 0 Å². The number of hydrogen-bond donors (Lipinski definition) is 0. The van der Waals surface area contributed by atoms with Crippen molar-refractivity contribution in [3.8, 4) is 0 Å². The summed E-state index contributed by atoms with van der Waals surface area (Å²) in [4.78, 5) is 3.41. The van der Waals surface area contributed by atoms with Gasteiger partial charge in [-0.05, 0) is 18.7 Å². The zero-order valence-electron chi connectivity index (χ0n) is 4.29. The third-order valence-electron chi connectivity index (χ3n) is 0.332. The predicted octanol–water partition coefficient (Wildman–Crippen LogP) is 1.38. The Kier molecular flexibility index (Phi) is 5.44. The highest BCUT2D eigenvalue weighted by atomic mass is 32.2. The summed E-state index contributed by atoms with van der Waals surface area (Å²) in [5, 5.41) is 0. The Morgan fingerprint density at radius 2 is 2.57 bits per heavy atom. The van der Waals surface area contributed by atoms with Gasteiger partial charge < -0.3 is 0 Å². The van der Waals surface area contributed by atoms with Gasteiger partial charge in [-0.3, -0.25) is 4.99 Å². The fraction of sp³-hybridized carbons (Fsp3) is 0.500. The van der Waals surface area contributed by atoms with E-state index in [0.29, 0.717) is 0 Å². The Morgan fingerprint density at radius 1 is 1.86 bits per heavy atom. The third kappa shape index (κ3) is 5.69. The van der Waals surface area contributed by atoms with E-state index in [-0.39, 0.29) is 0 Å². The topological polar surface area (TPSA) is 24.7 Å². The number of nitrogens with zero attached hydrogens (tertiary/aromatic N) is 2. The maximum absolute atomic E-state index is 3.77. The van der Waals surface area contributed by atoms with Gasteiger partial charge in [0.25, 0.3) is 0 Å². The van der Waals surface area contributed by atoms with E-state index in [1.807, 2.05) is 6.92 Å². The van der Waals surface area contributed by atoms with Crippen LogP contribution in [0.3, 0.4) is 0 Å². The van der Waals surface area contributed by atoms with Crippen LogP contribution in [0.2, 0.25) is 0 Å². The minimum Gasteiger partial charge on any atom is -0.252 e. The molecule has 0 aliphatic heterocycles. The van der Waals surface area contributed by atoms with Crippen molar-refractivity contribution in [1.29, 1.82) is 0 Å². The van der Waals surface area contributed by atoms with Gasteiger partial charge in [-0.1, -0.05) is 6.92 Å². The van der Waals surface area contributed by atoms with Crippen molar-refractivity contribution >= 4 is 25.0 Å². The fourth-order valence-corrected chi connectivity index (χ4v) is 0.424. The van der Waals surface area contributed by atoms with Crippen LogP contribution < -0.4 is 0 Å². The summed E-state index contributed by atoms with van der Waals surface area (Å²) in [7, 11) is 0. The first-order chi connectivity index (χ1) is 3.41. The van der Waals surface area contributed by atoms with Gasteiger partial charge in [-0.2, -0.15) is 0 Å². The Labute approximate surface area is 47.9 Å². The normalized spacial score (nSPS) is 9.86. The molecule has 0 aliphatic carbocycles. The summed E-state index contributed by atoms with van der Waals surface area (Å²) >= 11 is 1.47. The van der Waals surface area contributed by atoms with Crippen LogP contribution in [0.5, 0.6) is 0 Å². The van der Waals surface area contributed by atoms with E-state index in [1.165, 1.54) is 18.3 Å². The molecule has 40 valence electrons. The lowest BCUT2D eigenvalue weighted by atomic mass is 11.0. The molecule has 0 bridgehead atoms. The van der Waals surface area contributed by atoms with E-state index < -0.39 is 0 Å². The maximum Gasteiger partial charge on any atom is 0.122 e. The van der Waals surface area contributed by atoms with Crippen molar-refractivity contribution < 1.29 is 0 Å². The molecule has 2 nitrogen and oxygen atoms in total. The minimum atomic E-state index is 0.992. The molecule has 3 heteroatoms. The van der Waals surface area contributed by atoms with Gasteiger partial charge in [0.05, 0.1) is 0 Å². The molecule has 0 N–H and O–H groups in total. The smallest absolute Gasteiger partial charge is 0.122 e. The first-order valence-corrected chi connectivity index (χ1v) is 2.95. The molecule has 0 aromatic heterocycles. The van der Waals surface area contributed by atoms with Gasteiger partial charge in [0, 0.05) is 5.75 Å². The molecule has 0 aromatic rings. The largest absolute Gasteiger partial charge is 0.252 e. The van der Waals surface area contributed by atoms with Gasteiger partial charge in [0.2, 0.25) is 0 Å². The molecule has 0 unspecified atom stereocenters. The molecular weight excluding hydrogens is 108 g/mol. The first-order valence-electron chi connectivity index (χ1n) is 2.01. The molecule has 0 heterocycles. The first kappa shape index (κ1) is 6.69. The summed E-state index contributed by atoms with van der Waals surface area (Å²) in [5.74, 6) is 0.992. The van der Waals surface area contributed by atoms with Gasteiger partial charge in [0.15, 0.2) is 0 Å². The molecule has 0 atom stereocenters. The average Bonchev–Trinajstić information content (AvgIpc) is 1.69. The van der Waals surface area contributed by atoms with E-state index in [0.717, 1.165) is 5.75 Å². The second kappa shape index (κ2) is 5.69. The van der Waals surface area contributed by atoms with Gasteiger partial charge >= 0.3 is 0 Å². The average molecular weight is 116 g/mol. The second-order valence-corrected chi connectivity index (χ2v) is 1.87. The maximum atomic E-state index is 3.77. The number of aliphatic imine (C=N–C) groups is 1. The van der Waals surface area contributed by atoms with Crippen LogP contribution in [-0.4, -0.2) is 18.8 Å². The lowest BCUT2D eigenvalue weighted by Gasteiger charge is -1.77. The molecule has 0 saturated carbocycles. The van der Waals surface area contributed by atoms with Gasteiger partial charge in [0.1, 0.15) is 6.34 Å². The molecule has 7 heavy (non-hydrogen) atoms. The molecule has 0 spiro atoms. The number of hydrogen-bond acceptors (Lipinski definition) is 2. The van der Waals surface area contributed by atoms with Crippen molar-refractivity contribution in [2.75, 3.05) is 5.75 Å². The lowest BCUT2D eigenvalue weighted by Crippen LogP contribution is -1.60. The van der Waals surface area contributed by atoms with E-state index in [1.54, 1.807) is 0 Å². The molecule has 0 rings (SSSR count). The Morgan fingerprint density at radius 3 is 3.00 bits per heavy atom. The summed E-state index contributed by atoms with van der Waals surface area (Å²) in [5.41, 5.74) is 0. The van der Waals surface area contributed by atoms with Crippen LogP contribution in [0.25, 0.3) is 0 Å². The van der Waals surface area contributed by atoms with Crippen molar-refractivity contribution in [1.82, 2.24) is 0 Å². The molecule has 0 amide bonds. The Bertz CT molecular complexity index is 70.1. The van der Waals surface area contributed by atoms with Crippen molar-refractivity contribution in [2.24, 2.45) is 9.39 Å². The zero-order valence-corrected chi connectivity index (χ0v) is 5.11. The quantitative estimate of drug-likeness (QED) is 0.310. The fourth-order valence-electron chi connectivity index (χ4n) is 0.141. The van der Waals surface area contributed by atoms with Crippen LogP contribution in [0.15, 0.2) is 9.39 Å². The zero-order chi connectivity index (χ0) is 5.54. The second-order valence-electron chi connectivity index (χ2n) is 0.821. The molecule has 0 aliphatic rings. The molecule has 0 fully saturated rings. The third-order valence-corrected chi connectivity index (χ3v) is 0.834. The van der Waals surface area contributed by atoms with Crippen molar-refractivity contribution in [2.45, 2.75) is 6.92 Å². The van der Waals surface area contributed by atoms with E-state index >= 15 is 0 Å². The Balaban J connectivity index is 2.92. The molecule has 0 aromatic carbocycles. The van der Waals surface area contributed by atoms with E-state index in [4.69, 9.17) is 0 Å². The van der Waals surface area contributed by atoms with Crippen LogP contribution >= 0.6 is 11.9 Å². The Hall–Kier alpha value is -0.310. The predicted molar refractivity (Wildman–Crippen MR) is 36.2 cm³/mol. The van der Waals surface area contributed by atoms with Crippen LogP contribution in [-0.2, 0) is 0 Å². The van der Waals surface area contributed by atoms with E-state index in [2.05, 4.69) is 16.1 Å². The lowest BCUT2D eigenvalue weighted by molar-refractivity contribution is 1.52.